The fraction of sp³-hybridized carbons (Fsp3) is 0.667. The van der Waals surface area contributed by atoms with E-state index in [0.29, 0.717) is 5.92 Å². The van der Waals surface area contributed by atoms with E-state index in [-0.39, 0.29) is 5.78 Å². The van der Waals surface area contributed by atoms with Crippen molar-refractivity contribution in [3.05, 3.63) is 12.2 Å². The van der Waals surface area contributed by atoms with Crippen molar-refractivity contribution in [2.75, 3.05) is 0 Å². The lowest BCUT2D eigenvalue weighted by Crippen LogP contribution is -2.05. The van der Waals surface area contributed by atoms with Crippen molar-refractivity contribution in [2.45, 2.75) is 32.6 Å². The van der Waals surface area contributed by atoms with E-state index >= 15 is 0 Å². The summed E-state index contributed by atoms with van der Waals surface area (Å²) in [4.78, 5) is 11.1. The topological polar surface area (TPSA) is 17.1 Å². The number of hydrogen-bond acceptors (Lipinski definition) is 1. The molecular weight excluding hydrogens is 124 g/mol. The molecule has 10 heavy (non-hydrogen) atoms. The minimum absolute atomic E-state index is 0.282. The van der Waals surface area contributed by atoms with Crippen molar-refractivity contribution in [3.63, 3.8) is 0 Å². The molecule has 1 aliphatic rings. The largest absolute Gasteiger partial charge is 0.295 e. The van der Waals surface area contributed by atoms with Crippen LogP contribution in [0.15, 0.2) is 12.2 Å². The lowest BCUT2D eigenvalue weighted by molar-refractivity contribution is -0.115. The molecule has 1 fully saturated rings. The van der Waals surface area contributed by atoms with E-state index < -0.39 is 0 Å². The Morgan fingerprint density at radius 2 is 2.20 bits per heavy atom. The number of hydrogen-bond donors (Lipinski definition) is 0. The number of ketones is 1. The van der Waals surface area contributed by atoms with Gasteiger partial charge < -0.3 is 0 Å². The molecule has 1 atom stereocenters. The van der Waals surface area contributed by atoms with Crippen molar-refractivity contribution in [1.82, 2.24) is 0 Å². The highest BCUT2D eigenvalue weighted by Gasteiger charge is 2.17. The molecule has 0 aromatic carbocycles. The number of allylic oxidation sites excluding steroid dienone is 1. The maximum atomic E-state index is 11.1. The Morgan fingerprint density at radius 1 is 1.50 bits per heavy atom. The van der Waals surface area contributed by atoms with E-state index in [1.807, 2.05) is 0 Å². The molecule has 0 aromatic heterocycles. The summed E-state index contributed by atoms with van der Waals surface area (Å²) < 4.78 is 0. The lowest BCUT2D eigenvalue weighted by Gasteiger charge is -2.06. The van der Waals surface area contributed by atoms with Crippen LogP contribution in [0.2, 0.25) is 0 Å². The zero-order valence-electron chi connectivity index (χ0n) is 6.52. The van der Waals surface area contributed by atoms with Crippen LogP contribution < -0.4 is 0 Å². The van der Waals surface area contributed by atoms with Crippen molar-refractivity contribution >= 4 is 5.78 Å². The van der Waals surface area contributed by atoms with Gasteiger partial charge in [-0.15, -0.1) is 0 Å². The molecule has 0 N–H and O–H groups in total. The zero-order chi connectivity index (χ0) is 7.56. The standard InChI is InChI=1S/C9H14O/c1-7-5-3-4-6-9(10)8(7)2/h7H,2-6H2,1H3/t7-/m0/s1. The third kappa shape index (κ3) is 1.47. The second kappa shape index (κ2) is 3.00. The molecule has 0 amide bonds. The maximum Gasteiger partial charge on any atom is 0.158 e. The molecule has 0 unspecified atom stereocenters. The first-order valence-electron chi connectivity index (χ1n) is 3.94. The van der Waals surface area contributed by atoms with E-state index in [2.05, 4.69) is 13.5 Å². The summed E-state index contributed by atoms with van der Waals surface area (Å²) in [5, 5.41) is 0. The van der Waals surface area contributed by atoms with E-state index in [0.717, 1.165) is 24.8 Å². The Balaban J connectivity index is 2.64. The molecule has 0 radical (unpaired) electrons. The normalized spacial score (nSPS) is 28.3. The first kappa shape index (κ1) is 7.52. The van der Waals surface area contributed by atoms with Gasteiger partial charge in [0.05, 0.1) is 0 Å². The maximum absolute atomic E-state index is 11.1. The molecule has 1 aliphatic carbocycles. The molecule has 1 saturated carbocycles. The van der Waals surface area contributed by atoms with E-state index in [4.69, 9.17) is 0 Å². The molecule has 0 aromatic rings. The van der Waals surface area contributed by atoms with Crippen LogP contribution in [0, 0.1) is 5.92 Å². The van der Waals surface area contributed by atoms with E-state index in [1.165, 1.54) is 6.42 Å². The van der Waals surface area contributed by atoms with Crippen molar-refractivity contribution in [2.24, 2.45) is 5.92 Å². The molecule has 0 aliphatic heterocycles. The first-order valence-corrected chi connectivity index (χ1v) is 3.94. The van der Waals surface area contributed by atoms with E-state index in [1.54, 1.807) is 0 Å². The van der Waals surface area contributed by atoms with E-state index in [9.17, 15) is 4.79 Å². The van der Waals surface area contributed by atoms with Crippen LogP contribution in [0.3, 0.4) is 0 Å². The smallest absolute Gasteiger partial charge is 0.158 e. The molecule has 56 valence electrons. The van der Waals surface area contributed by atoms with Gasteiger partial charge in [-0.3, -0.25) is 4.79 Å². The fourth-order valence-electron chi connectivity index (χ4n) is 1.35. The van der Waals surface area contributed by atoms with Crippen LogP contribution in [-0.4, -0.2) is 5.78 Å². The quantitative estimate of drug-likeness (QED) is 0.371. The zero-order valence-corrected chi connectivity index (χ0v) is 6.52. The molecule has 0 bridgehead atoms. The summed E-state index contributed by atoms with van der Waals surface area (Å²) in [5.41, 5.74) is 0.845. The number of Topliss-reactive ketones (excluding diaryl/α,β-unsaturated/α-hetero) is 1. The minimum atomic E-state index is 0.282. The Morgan fingerprint density at radius 3 is 2.90 bits per heavy atom. The van der Waals surface area contributed by atoms with Gasteiger partial charge in [-0.25, -0.2) is 0 Å². The van der Waals surface area contributed by atoms with Crippen molar-refractivity contribution in [1.29, 1.82) is 0 Å². The monoisotopic (exact) mass is 138 g/mol. The van der Waals surface area contributed by atoms with Gasteiger partial charge in [0, 0.05) is 6.42 Å². The van der Waals surface area contributed by atoms with Crippen LogP contribution in [0.4, 0.5) is 0 Å². The van der Waals surface area contributed by atoms with Crippen LogP contribution in [0.5, 0.6) is 0 Å². The predicted molar refractivity (Wildman–Crippen MR) is 41.8 cm³/mol. The van der Waals surface area contributed by atoms with Crippen LogP contribution >= 0.6 is 0 Å². The summed E-state index contributed by atoms with van der Waals surface area (Å²) in [6.45, 7) is 5.88. The highest BCUT2D eigenvalue weighted by molar-refractivity contribution is 5.95. The highest BCUT2D eigenvalue weighted by atomic mass is 16.1. The van der Waals surface area contributed by atoms with Gasteiger partial charge in [-0.2, -0.15) is 0 Å². The summed E-state index contributed by atoms with van der Waals surface area (Å²) >= 11 is 0. The Bertz CT molecular complexity index is 158. The fourth-order valence-corrected chi connectivity index (χ4v) is 1.35. The molecule has 0 saturated heterocycles. The van der Waals surface area contributed by atoms with Gasteiger partial charge in [0.25, 0.3) is 0 Å². The highest BCUT2D eigenvalue weighted by Crippen LogP contribution is 2.23. The second-order valence-electron chi connectivity index (χ2n) is 3.10. The van der Waals surface area contributed by atoms with Gasteiger partial charge in [0.2, 0.25) is 0 Å². The van der Waals surface area contributed by atoms with Crippen LogP contribution in [0.25, 0.3) is 0 Å². The van der Waals surface area contributed by atoms with Gasteiger partial charge in [-0.1, -0.05) is 19.9 Å². The van der Waals surface area contributed by atoms with Crippen LogP contribution in [0.1, 0.15) is 32.6 Å². The summed E-state index contributed by atoms with van der Waals surface area (Å²) in [7, 11) is 0. The Kier molecular flexibility index (Phi) is 2.25. The molecule has 1 rings (SSSR count). The summed E-state index contributed by atoms with van der Waals surface area (Å²) in [6, 6.07) is 0. The van der Waals surface area contributed by atoms with Crippen LogP contribution in [-0.2, 0) is 4.79 Å². The molecule has 1 nitrogen and oxygen atoms in total. The van der Waals surface area contributed by atoms with Gasteiger partial charge >= 0.3 is 0 Å². The van der Waals surface area contributed by atoms with Gasteiger partial charge in [0.15, 0.2) is 5.78 Å². The lowest BCUT2D eigenvalue weighted by atomic mass is 9.97. The average Bonchev–Trinajstić information content (AvgIpc) is 2.04. The molecular formula is C9H14O. The van der Waals surface area contributed by atoms with Gasteiger partial charge in [0.1, 0.15) is 0 Å². The van der Waals surface area contributed by atoms with Crippen molar-refractivity contribution < 1.29 is 4.79 Å². The minimum Gasteiger partial charge on any atom is -0.295 e. The third-order valence-electron chi connectivity index (χ3n) is 2.24. The predicted octanol–water partition coefficient (Wildman–Crippen LogP) is 2.32. The number of carbonyl (C=O) groups excluding carboxylic acids is 1. The van der Waals surface area contributed by atoms with Gasteiger partial charge in [-0.05, 0) is 24.3 Å². The molecule has 1 heteroatoms. The molecule has 0 heterocycles. The summed E-state index contributed by atoms with van der Waals surface area (Å²) in [5.74, 6) is 0.708. The third-order valence-corrected chi connectivity index (χ3v) is 2.24. The summed E-state index contributed by atoms with van der Waals surface area (Å²) in [6.07, 6.45) is 4.11. The van der Waals surface area contributed by atoms with Crippen molar-refractivity contribution in [3.8, 4) is 0 Å². The number of carbonyl (C=O) groups is 1. The Labute approximate surface area is 62.1 Å². The number of rotatable bonds is 0. The average molecular weight is 138 g/mol. The first-order chi connectivity index (χ1) is 4.72. The SMILES string of the molecule is C=C1C(=O)CCCC[C@@H]1C. The molecule has 0 spiro atoms. The Hall–Kier alpha value is -0.590. The second-order valence-corrected chi connectivity index (χ2v) is 3.10.